The van der Waals surface area contributed by atoms with E-state index in [0.717, 1.165) is 25.9 Å². The van der Waals surface area contributed by atoms with E-state index in [1.807, 2.05) is 11.8 Å². The summed E-state index contributed by atoms with van der Waals surface area (Å²) in [5, 5.41) is 23.0. The zero-order chi connectivity index (χ0) is 32.2. The Kier molecular flexibility index (Phi) is 8.51. The number of Topliss-reactive ketones (excluding diaryl/α,β-unsaturated/α-hetero) is 3. The average molecular weight is 614 g/mol. The number of halogens is 1. The number of amides is 2. The smallest absolute Gasteiger partial charge is 0.238 e. The summed E-state index contributed by atoms with van der Waals surface area (Å²) in [5.74, 6) is -10.1. The number of phenolic OH excluding ortho intramolecular Hbond substituents is 1. The number of phenols is 1. The van der Waals surface area contributed by atoms with Gasteiger partial charge in [0, 0.05) is 24.2 Å². The Morgan fingerprint density at radius 1 is 1.23 bits per heavy atom. The number of nitrogens with one attached hydrogen (secondary N) is 2. The van der Waals surface area contributed by atoms with Crippen LogP contribution in [0.1, 0.15) is 54.1 Å². The van der Waals surface area contributed by atoms with Crippen LogP contribution in [0, 0.1) is 34.9 Å². The van der Waals surface area contributed by atoms with Crippen molar-refractivity contribution >= 4 is 40.6 Å². The van der Waals surface area contributed by atoms with Crippen molar-refractivity contribution in [2.45, 2.75) is 57.1 Å². The molecule has 0 spiro atoms. The van der Waals surface area contributed by atoms with Crippen LogP contribution in [0.5, 0.6) is 5.75 Å². The molecular formula is C31H40FN5O7. The van der Waals surface area contributed by atoms with Crippen LogP contribution in [0.4, 0.5) is 10.1 Å². The third kappa shape index (κ3) is 4.67. The highest BCUT2D eigenvalue weighted by Crippen LogP contribution is 2.53. The fourth-order valence-corrected chi connectivity index (χ4v) is 8.09. The number of anilines is 1. The van der Waals surface area contributed by atoms with Gasteiger partial charge in [0.15, 0.2) is 28.7 Å². The number of primary amides is 1. The number of benzene rings is 1. The van der Waals surface area contributed by atoms with Crippen molar-refractivity contribution in [3.8, 4) is 5.75 Å². The Labute approximate surface area is 255 Å². The zero-order valence-corrected chi connectivity index (χ0v) is 25.5. The van der Waals surface area contributed by atoms with E-state index in [-0.39, 0.29) is 48.2 Å². The van der Waals surface area contributed by atoms with Crippen molar-refractivity contribution in [1.29, 1.82) is 5.41 Å². The Morgan fingerprint density at radius 3 is 2.45 bits per heavy atom. The molecule has 1 aromatic rings. The highest BCUT2D eigenvalue weighted by atomic mass is 19.1. The number of carbonyl (C=O) groups excluding carboxylic acids is 5. The predicted octanol–water partition coefficient (Wildman–Crippen LogP) is 1.10. The molecule has 238 valence electrons. The first kappa shape index (κ1) is 31.9. The lowest BCUT2D eigenvalue weighted by Gasteiger charge is -2.55. The normalized spacial score (nSPS) is 30.3. The van der Waals surface area contributed by atoms with Gasteiger partial charge in [-0.3, -0.25) is 33.8 Å². The summed E-state index contributed by atoms with van der Waals surface area (Å²) in [6.07, 6.45) is 2.55. The molecule has 12 nitrogen and oxygen atoms in total. The molecule has 2 saturated carbocycles. The Morgan fingerprint density at radius 2 is 1.89 bits per heavy atom. The molecule has 0 aromatic heterocycles. The van der Waals surface area contributed by atoms with E-state index in [0.29, 0.717) is 6.42 Å². The number of nitrogens with two attached hydrogens (primary N) is 1. The minimum atomic E-state index is -2.11. The van der Waals surface area contributed by atoms with Gasteiger partial charge in [0.1, 0.15) is 11.7 Å². The molecule has 1 saturated heterocycles. The van der Waals surface area contributed by atoms with Crippen LogP contribution in [0.15, 0.2) is 0 Å². The van der Waals surface area contributed by atoms with E-state index in [1.54, 1.807) is 14.1 Å². The largest absolute Gasteiger partial charge is 0.505 e. The van der Waals surface area contributed by atoms with Gasteiger partial charge in [-0.05, 0) is 65.2 Å². The number of ether oxygens (including phenoxy) is 1. The lowest BCUT2D eigenvalue weighted by Crippen LogP contribution is -2.74. The summed E-state index contributed by atoms with van der Waals surface area (Å²) in [6, 6.07) is -1.04. The Bertz CT molecular complexity index is 1460. The maximum Gasteiger partial charge on any atom is 0.238 e. The van der Waals surface area contributed by atoms with Crippen molar-refractivity contribution in [3.63, 3.8) is 0 Å². The highest BCUT2D eigenvalue weighted by Gasteiger charge is 2.68. The van der Waals surface area contributed by atoms with E-state index < -0.39 is 81.8 Å². The van der Waals surface area contributed by atoms with Crippen LogP contribution in [0.2, 0.25) is 0 Å². The van der Waals surface area contributed by atoms with Gasteiger partial charge in [-0.1, -0.05) is 13.3 Å². The molecule has 44 heavy (non-hydrogen) atoms. The molecule has 1 heterocycles. The van der Waals surface area contributed by atoms with E-state index in [4.69, 9.17) is 15.9 Å². The topological polar surface area (TPSA) is 183 Å². The number of carbonyl (C=O) groups is 5. The number of aromatic hydroxyl groups is 1. The molecule has 0 radical (unpaired) electrons. The predicted molar refractivity (Wildman–Crippen MR) is 157 cm³/mol. The minimum absolute atomic E-state index is 0.0372. The summed E-state index contributed by atoms with van der Waals surface area (Å²) in [5.41, 5.74) is 2.28. The number of ketones is 3. The SMILES string of the molecule is CCCc1c(F)c2c(c(O)c1NC(=O)CN1CCCC1)C(=O)C1C(=O)C3(OC)C(=N)C(C(N)=O)C(=O)C(N(C)C)C3CC1C2. The monoisotopic (exact) mass is 613 g/mol. The molecule has 3 aliphatic carbocycles. The molecule has 13 heteroatoms. The van der Waals surface area contributed by atoms with Gasteiger partial charge >= 0.3 is 0 Å². The van der Waals surface area contributed by atoms with Gasteiger partial charge in [0.25, 0.3) is 0 Å². The Balaban J connectivity index is 1.61. The summed E-state index contributed by atoms with van der Waals surface area (Å²) >= 11 is 0. The quantitative estimate of drug-likeness (QED) is 0.246. The number of likely N-dealkylation sites (tertiary alicyclic amines) is 1. The van der Waals surface area contributed by atoms with E-state index in [1.165, 1.54) is 12.0 Å². The number of methoxy groups -OCH3 is 1. The van der Waals surface area contributed by atoms with Crippen molar-refractivity contribution in [1.82, 2.24) is 9.80 Å². The van der Waals surface area contributed by atoms with Crippen molar-refractivity contribution in [2.24, 2.45) is 29.4 Å². The molecule has 1 aromatic carbocycles. The van der Waals surface area contributed by atoms with Crippen LogP contribution < -0.4 is 11.1 Å². The van der Waals surface area contributed by atoms with E-state index >= 15 is 4.39 Å². The summed E-state index contributed by atoms with van der Waals surface area (Å²) in [4.78, 5) is 70.9. The highest BCUT2D eigenvalue weighted by molar-refractivity contribution is 6.33. The summed E-state index contributed by atoms with van der Waals surface area (Å²) in [6.45, 7) is 3.37. The molecule has 5 rings (SSSR count). The molecule has 6 atom stereocenters. The number of hydrogen-bond donors (Lipinski definition) is 4. The Hall–Kier alpha value is -3.55. The molecule has 0 bridgehead atoms. The number of fused-ring (bicyclic) bond motifs is 3. The van der Waals surface area contributed by atoms with Crippen molar-refractivity contribution in [2.75, 3.05) is 46.2 Å². The maximum absolute atomic E-state index is 16.3. The fourth-order valence-electron chi connectivity index (χ4n) is 8.09. The standard InChI is InChI=1S/C31H40FN5O7/c1-5-8-15-22(32)16-11-14-12-17-24(36(2)3)27(41)21(30(34)43)28(33)31(17,44-4)29(42)19(14)25(39)20(16)26(40)23(15)35-18(38)13-37-9-6-7-10-37/h14,17,19,21,24,33,40H,5-13H2,1-4H3,(H2,34,43)(H,35,38). The van der Waals surface area contributed by atoms with Crippen molar-refractivity contribution in [3.05, 3.63) is 22.5 Å². The van der Waals surface area contributed by atoms with Crippen LogP contribution >= 0.6 is 0 Å². The third-order valence-corrected chi connectivity index (χ3v) is 9.94. The lowest BCUT2D eigenvalue weighted by molar-refractivity contribution is -0.161. The molecule has 2 amide bonds. The maximum atomic E-state index is 16.3. The van der Waals surface area contributed by atoms with Gasteiger partial charge in [0.2, 0.25) is 11.8 Å². The van der Waals surface area contributed by atoms with Crippen LogP contribution in [0.3, 0.4) is 0 Å². The van der Waals surface area contributed by atoms with Gasteiger partial charge in [-0.15, -0.1) is 0 Å². The van der Waals surface area contributed by atoms with Gasteiger partial charge in [0.05, 0.1) is 35.5 Å². The first-order chi connectivity index (χ1) is 20.8. The number of rotatable bonds is 8. The van der Waals surface area contributed by atoms with E-state index in [2.05, 4.69) is 5.32 Å². The zero-order valence-electron chi connectivity index (χ0n) is 25.5. The molecule has 5 N–H and O–H groups in total. The molecule has 4 aliphatic rings. The van der Waals surface area contributed by atoms with Crippen LogP contribution in [-0.2, 0) is 36.8 Å². The summed E-state index contributed by atoms with van der Waals surface area (Å²) < 4.78 is 22.1. The minimum Gasteiger partial charge on any atom is -0.505 e. The van der Waals surface area contributed by atoms with Crippen molar-refractivity contribution < 1.29 is 38.2 Å². The van der Waals surface area contributed by atoms with E-state index in [9.17, 15) is 29.1 Å². The molecule has 1 aliphatic heterocycles. The summed E-state index contributed by atoms with van der Waals surface area (Å²) in [7, 11) is 4.38. The number of likely N-dealkylation sites (N-methyl/N-ethyl adjacent to an activating group) is 1. The second kappa shape index (κ2) is 11.8. The number of nitrogens with zero attached hydrogens (tertiary/aromatic N) is 2. The van der Waals surface area contributed by atoms with Crippen LogP contribution in [0.25, 0.3) is 0 Å². The van der Waals surface area contributed by atoms with Crippen LogP contribution in [-0.4, -0.2) is 102 Å². The molecule has 3 fully saturated rings. The second-order valence-electron chi connectivity index (χ2n) is 12.7. The molecule has 6 unspecified atom stereocenters. The average Bonchev–Trinajstić information content (AvgIpc) is 3.46. The van der Waals surface area contributed by atoms with Gasteiger partial charge in [-0.2, -0.15) is 0 Å². The third-order valence-electron chi connectivity index (χ3n) is 9.94. The molecular weight excluding hydrogens is 573 g/mol. The first-order valence-electron chi connectivity index (χ1n) is 15.1. The number of hydrogen-bond acceptors (Lipinski definition) is 10. The van der Waals surface area contributed by atoms with Gasteiger partial charge in [-0.25, -0.2) is 4.39 Å². The second-order valence-corrected chi connectivity index (χ2v) is 12.7. The van der Waals surface area contributed by atoms with Gasteiger partial charge < -0.3 is 26.3 Å². The lowest BCUT2D eigenvalue weighted by atomic mass is 9.52. The first-order valence-corrected chi connectivity index (χ1v) is 15.1. The fraction of sp³-hybridized carbons (Fsp3) is 0.613.